The summed E-state index contributed by atoms with van der Waals surface area (Å²) in [6.45, 7) is 9.79. The molecule has 0 aromatic carbocycles. The Morgan fingerprint density at radius 2 is 2.00 bits per heavy atom. The third kappa shape index (κ3) is 5.17. The molecule has 2 fully saturated rings. The summed E-state index contributed by atoms with van der Waals surface area (Å²) < 4.78 is 0. The van der Waals surface area contributed by atoms with Crippen molar-refractivity contribution >= 4 is 5.96 Å². The standard InChI is InChI=1S/C17H34N4/c1-4-18-17(21-12-7-8-15(2)14-21)19-11-13-20(3)16-9-5-6-10-16/h15-16H,4-14H2,1-3H3,(H,18,19). The van der Waals surface area contributed by atoms with E-state index < -0.39 is 0 Å². The molecule has 4 heteroatoms. The Bertz CT molecular complexity index is 323. The molecule has 1 N–H and O–H groups in total. The third-order valence-corrected chi connectivity index (χ3v) is 4.95. The first-order valence-electron chi connectivity index (χ1n) is 8.94. The van der Waals surface area contributed by atoms with Crippen molar-refractivity contribution in [2.24, 2.45) is 10.9 Å². The van der Waals surface area contributed by atoms with E-state index in [-0.39, 0.29) is 0 Å². The van der Waals surface area contributed by atoms with Crippen molar-refractivity contribution in [1.82, 2.24) is 15.1 Å². The quantitative estimate of drug-likeness (QED) is 0.624. The van der Waals surface area contributed by atoms with Crippen molar-refractivity contribution in [2.75, 3.05) is 39.8 Å². The maximum absolute atomic E-state index is 4.87. The largest absolute Gasteiger partial charge is 0.357 e. The van der Waals surface area contributed by atoms with E-state index in [0.29, 0.717) is 0 Å². The Labute approximate surface area is 131 Å². The first-order chi connectivity index (χ1) is 10.2. The van der Waals surface area contributed by atoms with Gasteiger partial charge >= 0.3 is 0 Å². The van der Waals surface area contributed by atoms with Crippen LogP contribution in [0.25, 0.3) is 0 Å². The Kier molecular flexibility index (Phi) is 6.81. The number of piperidine rings is 1. The molecule has 0 aromatic heterocycles. The maximum atomic E-state index is 4.87. The molecular formula is C17H34N4. The van der Waals surface area contributed by atoms with Gasteiger partial charge in [0.2, 0.25) is 0 Å². The molecule has 1 saturated heterocycles. The van der Waals surface area contributed by atoms with Crippen LogP contribution in [0.1, 0.15) is 52.4 Å². The number of likely N-dealkylation sites (N-methyl/N-ethyl adjacent to an activating group) is 1. The molecule has 2 aliphatic rings. The molecule has 21 heavy (non-hydrogen) atoms. The van der Waals surface area contributed by atoms with Crippen LogP contribution in [0.4, 0.5) is 0 Å². The van der Waals surface area contributed by atoms with Gasteiger partial charge in [0.1, 0.15) is 0 Å². The lowest BCUT2D eigenvalue weighted by molar-refractivity contribution is 0.249. The average Bonchev–Trinajstić information content (AvgIpc) is 3.00. The van der Waals surface area contributed by atoms with Gasteiger partial charge in [0.25, 0.3) is 0 Å². The molecule has 1 atom stereocenters. The average molecular weight is 294 g/mol. The molecule has 1 heterocycles. The van der Waals surface area contributed by atoms with Crippen LogP contribution in [0.15, 0.2) is 4.99 Å². The maximum Gasteiger partial charge on any atom is 0.193 e. The number of aliphatic imine (C=N–C) groups is 1. The summed E-state index contributed by atoms with van der Waals surface area (Å²) in [4.78, 5) is 9.84. The van der Waals surface area contributed by atoms with E-state index in [1.54, 1.807) is 0 Å². The first kappa shape index (κ1) is 16.6. The van der Waals surface area contributed by atoms with Crippen LogP contribution in [0, 0.1) is 5.92 Å². The fraction of sp³-hybridized carbons (Fsp3) is 0.941. The lowest BCUT2D eigenvalue weighted by Gasteiger charge is -2.33. The molecule has 0 radical (unpaired) electrons. The van der Waals surface area contributed by atoms with Crippen molar-refractivity contribution in [2.45, 2.75) is 58.4 Å². The van der Waals surface area contributed by atoms with Crippen LogP contribution < -0.4 is 5.32 Å². The number of hydrogen-bond acceptors (Lipinski definition) is 2. The summed E-state index contributed by atoms with van der Waals surface area (Å²) in [7, 11) is 2.27. The van der Waals surface area contributed by atoms with E-state index in [4.69, 9.17) is 4.99 Å². The summed E-state index contributed by atoms with van der Waals surface area (Å²) in [6, 6.07) is 0.804. The monoisotopic (exact) mass is 294 g/mol. The topological polar surface area (TPSA) is 30.9 Å². The zero-order valence-electron chi connectivity index (χ0n) is 14.3. The molecule has 4 nitrogen and oxygen atoms in total. The highest BCUT2D eigenvalue weighted by atomic mass is 15.3. The molecule has 0 bridgehead atoms. The molecule has 1 unspecified atom stereocenters. The molecule has 0 amide bonds. The second-order valence-electron chi connectivity index (χ2n) is 6.85. The summed E-state index contributed by atoms with van der Waals surface area (Å²) in [6.07, 6.45) is 8.24. The molecule has 0 spiro atoms. The van der Waals surface area contributed by atoms with Gasteiger partial charge in [0, 0.05) is 32.2 Å². The third-order valence-electron chi connectivity index (χ3n) is 4.95. The van der Waals surface area contributed by atoms with Gasteiger partial charge in [-0.2, -0.15) is 0 Å². The number of nitrogens with zero attached hydrogens (tertiary/aromatic N) is 3. The number of guanidine groups is 1. The van der Waals surface area contributed by atoms with Crippen molar-refractivity contribution in [3.8, 4) is 0 Å². The molecule has 1 aliphatic heterocycles. The predicted molar refractivity (Wildman–Crippen MR) is 90.8 cm³/mol. The normalized spacial score (nSPS) is 24.9. The van der Waals surface area contributed by atoms with Crippen molar-refractivity contribution < 1.29 is 0 Å². The van der Waals surface area contributed by atoms with Crippen LogP contribution in [-0.2, 0) is 0 Å². The highest BCUT2D eigenvalue weighted by Gasteiger charge is 2.20. The SMILES string of the molecule is CCNC(=NCCN(C)C1CCCC1)N1CCCC(C)C1. The van der Waals surface area contributed by atoms with Gasteiger partial charge in [-0.05, 0) is 45.6 Å². The van der Waals surface area contributed by atoms with Crippen molar-refractivity contribution in [3.63, 3.8) is 0 Å². The first-order valence-corrected chi connectivity index (χ1v) is 8.94. The molecule has 1 aliphatic carbocycles. The van der Waals surface area contributed by atoms with Crippen LogP contribution in [0.3, 0.4) is 0 Å². The predicted octanol–water partition coefficient (Wildman–Crippen LogP) is 2.56. The van der Waals surface area contributed by atoms with Crippen LogP contribution in [0.2, 0.25) is 0 Å². The lowest BCUT2D eigenvalue weighted by Crippen LogP contribution is -2.46. The Morgan fingerprint density at radius 3 is 2.67 bits per heavy atom. The number of hydrogen-bond donors (Lipinski definition) is 1. The van der Waals surface area contributed by atoms with E-state index >= 15 is 0 Å². The van der Waals surface area contributed by atoms with Gasteiger partial charge in [-0.25, -0.2) is 0 Å². The van der Waals surface area contributed by atoms with Crippen LogP contribution in [-0.4, -0.2) is 61.6 Å². The lowest BCUT2D eigenvalue weighted by atomic mass is 10.0. The Morgan fingerprint density at radius 1 is 1.24 bits per heavy atom. The second-order valence-corrected chi connectivity index (χ2v) is 6.85. The summed E-state index contributed by atoms with van der Waals surface area (Å²) in [5, 5.41) is 3.47. The summed E-state index contributed by atoms with van der Waals surface area (Å²) in [5.74, 6) is 1.92. The second kappa shape index (κ2) is 8.62. The van der Waals surface area contributed by atoms with Crippen LogP contribution >= 0.6 is 0 Å². The Hall–Kier alpha value is -0.770. The zero-order chi connectivity index (χ0) is 15.1. The highest BCUT2D eigenvalue weighted by Crippen LogP contribution is 2.22. The van der Waals surface area contributed by atoms with E-state index in [1.165, 1.54) is 38.5 Å². The fourth-order valence-corrected chi connectivity index (χ4v) is 3.65. The minimum absolute atomic E-state index is 0.795. The van der Waals surface area contributed by atoms with Crippen LogP contribution in [0.5, 0.6) is 0 Å². The number of rotatable bonds is 5. The summed E-state index contributed by atoms with van der Waals surface area (Å²) >= 11 is 0. The highest BCUT2D eigenvalue weighted by molar-refractivity contribution is 5.80. The van der Waals surface area contributed by atoms with E-state index in [2.05, 4.69) is 36.0 Å². The van der Waals surface area contributed by atoms with Gasteiger partial charge in [0.15, 0.2) is 5.96 Å². The molecule has 2 rings (SSSR count). The zero-order valence-corrected chi connectivity index (χ0v) is 14.3. The molecule has 0 aromatic rings. The molecular weight excluding hydrogens is 260 g/mol. The van der Waals surface area contributed by atoms with Crippen molar-refractivity contribution in [3.05, 3.63) is 0 Å². The van der Waals surface area contributed by atoms with Gasteiger partial charge < -0.3 is 15.1 Å². The summed E-state index contributed by atoms with van der Waals surface area (Å²) in [5.41, 5.74) is 0. The van der Waals surface area contributed by atoms with Gasteiger partial charge in [-0.1, -0.05) is 19.8 Å². The van der Waals surface area contributed by atoms with E-state index in [0.717, 1.165) is 50.6 Å². The van der Waals surface area contributed by atoms with Gasteiger partial charge in [-0.3, -0.25) is 4.99 Å². The van der Waals surface area contributed by atoms with E-state index in [9.17, 15) is 0 Å². The minimum atomic E-state index is 0.795. The fourth-order valence-electron chi connectivity index (χ4n) is 3.65. The minimum Gasteiger partial charge on any atom is -0.357 e. The van der Waals surface area contributed by atoms with Gasteiger partial charge in [-0.15, -0.1) is 0 Å². The van der Waals surface area contributed by atoms with E-state index in [1.807, 2.05) is 0 Å². The Balaban J connectivity index is 1.81. The molecule has 1 saturated carbocycles. The van der Waals surface area contributed by atoms with Gasteiger partial charge in [0.05, 0.1) is 6.54 Å². The van der Waals surface area contributed by atoms with Crippen molar-refractivity contribution in [1.29, 1.82) is 0 Å². The smallest absolute Gasteiger partial charge is 0.193 e. The molecule has 122 valence electrons. The number of nitrogens with one attached hydrogen (secondary N) is 1. The number of likely N-dealkylation sites (tertiary alicyclic amines) is 1.